The van der Waals surface area contributed by atoms with E-state index in [4.69, 9.17) is 10.8 Å². The minimum atomic E-state index is -0.208. The topological polar surface area (TPSA) is 46.2 Å². The molecule has 0 saturated heterocycles. The van der Waals surface area contributed by atoms with E-state index >= 15 is 0 Å². The SMILES string of the molecule is CC.NC1CCCC1O. The highest BCUT2D eigenvalue weighted by Gasteiger charge is 2.20. The number of hydrogen-bond donors (Lipinski definition) is 2. The maximum Gasteiger partial charge on any atom is 0.0691 e. The van der Waals surface area contributed by atoms with Gasteiger partial charge in [0.2, 0.25) is 0 Å². The first-order valence-electron chi connectivity index (χ1n) is 3.74. The lowest BCUT2D eigenvalue weighted by atomic mass is 10.2. The van der Waals surface area contributed by atoms with E-state index in [1.54, 1.807) is 0 Å². The van der Waals surface area contributed by atoms with E-state index in [1.165, 1.54) is 0 Å². The lowest BCUT2D eigenvalue weighted by molar-refractivity contribution is 0.165. The van der Waals surface area contributed by atoms with Crippen molar-refractivity contribution in [3.63, 3.8) is 0 Å². The fraction of sp³-hybridized carbons (Fsp3) is 1.00. The maximum atomic E-state index is 8.87. The highest BCUT2D eigenvalue weighted by Crippen LogP contribution is 2.15. The molecule has 1 saturated carbocycles. The van der Waals surface area contributed by atoms with Gasteiger partial charge in [0.1, 0.15) is 0 Å². The summed E-state index contributed by atoms with van der Waals surface area (Å²) in [6, 6.07) is 0.0694. The van der Waals surface area contributed by atoms with Crippen LogP contribution in [0, 0.1) is 0 Å². The van der Waals surface area contributed by atoms with E-state index in [0.29, 0.717) is 0 Å². The molecule has 1 aliphatic carbocycles. The van der Waals surface area contributed by atoms with Gasteiger partial charge in [0, 0.05) is 6.04 Å². The normalized spacial score (nSPS) is 33.3. The van der Waals surface area contributed by atoms with Crippen molar-refractivity contribution < 1.29 is 5.11 Å². The van der Waals surface area contributed by atoms with Gasteiger partial charge < -0.3 is 10.8 Å². The van der Waals surface area contributed by atoms with E-state index in [9.17, 15) is 0 Å². The summed E-state index contributed by atoms with van der Waals surface area (Å²) in [7, 11) is 0. The summed E-state index contributed by atoms with van der Waals surface area (Å²) in [5.74, 6) is 0. The van der Waals surface area contributed by atoms with Crippen LogP contribution in [0.1, 0.15) is 33.1 Å². The van der Waals surface area contributed by atoms with Crippen molar-refractivity contribution >= 4 is 0 Å². The zero-order valence-electron chi connectivity index (χ0n) is 6.30. The molecule has 2 atom stereocenters. The van der Waals surface area contributed by atoms with Gasteiger partial charge in [-0.15, -0.1) is 0 Å². The molecule has 0 bridgehead atoms. The van der Waals surface area contributed by atoms with Crippen LogP contribution in [-0.2, 0) is 0 Å². The van der Waals surface area contributed by atoms with Crippen LogP contribution < -0.4 is 5.73 Å². The van der Waals surface area contributed by atoms with Crippen LogP contribution >= 0.6 is 0 Å². The molecule has 0 amide bonds. The third kappa shape index (κ3) is 2.82. The highest BCUT2D eigenvalue weighted by molar-refractivity contribution is 4.78. The summed E-state index contributed by atoms with van der Waals surface area (Å²) in [6.45, 7) is 4.00. The summed E-state index contributed by atoms with van der Waals surface area (Å²) >= 11 is 0. The molecule has 0 radical (unpaired) electrons. The standard InChI is InChI=1S/C5H11NO.C2H6/c6-4-2-1-3-5(4)7;1-2/h4-5,7H,1-3,6H2;1-2H3. The van der Waals surface area contributed by atoms with Gasteiger partial charge in [-0.3, -0.25) is 0 Å². The first-order valence-corrected chi connectivity index (χ1v) is 3.74. The van der Waals surface area contributed by atoms with Crippen molar-refractivity contribution in [3.05, 3.63) is 0 Å². The van der Waals surface area contributed by atoms with Gasteiger partial charge in [0.25, 0.3) is 0 Å². The molecule has 2 unspecified atom stereocenters. The van der Waals surface area contributed by atoms with Gasteiger partial charge in [-0.25, -0.2) is 0 Å². The van der Waals surface area contributed by atoms with Crippen LogP contribution in [0.25, 0.3) is 0 Å². The predicted octanol–water partition coefficient (Wildman–Crippen LogP) is 0.885. The second kappa shape index (κ2) is 4.77. The molecule has 2 heteroatoms. The predicted molar refractivity (Wildman–Crippen MR) is 39.2 cm³/mol. The van der Waals surface area contributed by atoms with Crippen LogP contribution in [0.3, 0.4) is 0 Å². The third-order valence-corrected chi connectivity index (χ3v) is 1.53. The van der Waals surface area contributed by atoms with Gasteiger partial charge in [-0.1, -0.05) is 13.8 Å². The Hall–Kier alpha value is -0.0800. The quantitative estimate of drug-likeness (QED) is 0.512. The van der Waals surface area contributed by atoms with E-state index in [1.807, 2.05) is 13.8 Å². The molecule has 9 heavy (non-hydrogen) atoms. The van der Waals surface area contributed by atoms with Gasteiger partial charge >= 0.3 is 0 Å². The Morgan fingerprint density at radius 1 is 1.33 bits per heavy atom. The van der Waals surface area contributed by atoms with Crippen molar-refractivity contribution in [1.82, 2.24) is 0 Å². The molecule has 3 N–H and O–H groups in total. The Labute approximate surface area is 57.1 Å². The maximum absolute atomic E-state index is 8.87. The lowest BCUT2D eigenvalue weighted by Crippen LogP contribution is -2.28. The molecule has 1 aliphatic rings. The molecule has 0 heterocycles. The summed E-state index contributed by atoms with van der Waals surface area (Å²) in [5.41, 5.74) is 5.43. The van der Waals surface area contributed by atoms with E-state index in [2.05, 4.69) is 0 Å². The molecule has 0 spiro atoms. The summed E-state index contributed by atoms with van der Waals surface area (Å²) < 4.78 is 0. The fourth-order valence-corrected chi connectivity index (χ4v) is 0.969. The Morgan fingerprint density at radius 2 is 1.89 bits per heavy atom. The summed E-state index contributed by atoms with van der Waals surface area (Å²) in [6.07, 6.45) is 2.80. The zero-order valence-corrected chi connectivity index (χ0v) is 6.30. The number of hydrogen-bond acceptors (Lipinski definition) is 2. The zero-order chi connectivity index (χ0) is 7.28. The third-order valence-electron chi connectivity index (χ3n) is 1.53. The van der Waals surface area contributed by atoms with Crippen LogP contribution in [0.15, 0.2) is 0 Å². The smallest absolute Gasteiger partial charge is 0.0691 e. The molecule has 56 valence electrons. The fourth-order valence-electron chi connectivity index (χ4n) is 0.969. The number of aliphatic hydroxyl groups excluding tert-OH is 1. The van der Waals surface area contributed by atoms with Gasteiger partial charge in [0.15, 0.2) is 0 Å². The largest absolute Gasteiger partial charge is 0.392 e. The molecular weight excluding hydrogens is 114 g/mol. The van der Waals surface area contributed by atoms with Gasteiger partial charge in [-0.2, -0.15) is 0 Å². The second-order valence-corrected chi connectivity index (χ2v) is 2.16. The monoisotopic (exact) mass is 131 g/mol. The van der Waals surface area contributed by atoms with Gasteiger partial charge in [-0.05, 0) is 19.3 Å². The lowest BCUT2D eigenvalue weighted by Gasteiger charge is -2.04. The average molecular weight is 131 g/mol. The highest BCUT2D eigenvalue weighted by atomic mass is 16.3. The molecule has 2 nitrogen and oxygen atoms in total. The minimum Gasteiger partial charge on any atom is -0.392 e. The Bertz CT molecular complexity index is 57.9. The first kappa shape index (κ1) is 8.92. The molecule has 0 aromatic heterocycles. The summed E-state index contributed by atoms with van der Waals surface area (Å²) in [5, 5.41) is 8.87. The van der Waals surface area contributed by atoms with E-state index < -0.39 is 0 Å². The van der Waals surface area contributed by atoms with Crippen LogP contribution in [0.2, 0.25) is 0 Å². The van der Waals surface area contributed by atoms with Crippen molar-refractivity contribution in [3.8, 4) is 0 Å². The van der Waals surface area contributed by atoms with Gasteiger partial charge in [0.05, 0.1) is 6.10 Å². The molecule has 0 aliphatic heterocycles. The van der Waals surface area contributed by atoms with Crippen LogP contribution in [-0.4, -0.2) is 17.3 Å². The molecular formula is C7H17NO. The number of aliphatic hydroxyl groups is 1. The molecule has 1 fully saturated rings. The van der Waals surface area contributed by atoms with E-state index in [0.717, 1.165) is 19.3 Å². The molecule has 1 rings (SSSR count). The van der Waals surface area contributed by atoms with Crippen molar-refractivity contribution in [2.24, 2.45) is 5.73 Å². The van der Waals surface area contributed by atoms with E-state index in [-0.39, 0.29) is 12.1 Å². The number of nitrogens with two attached hydrogens (primary N) is 1. The van der Waals surface area contributed by atoms with Crippen molar-refractivity contribution in [2.75, 3.05) is 0 Å². The van der Waals surface area contributed by atoms with Crippen LogP contribution in [0.4, 0.5) is 0 Å². The Balaban J connectivity index is 0.000000291. The summed E-state index contributed by atoms with van der Waals surface area (Å²) in [4.78, 5) is 0. The molecule has 0 aromatic rings. The second-order valence-electron chi connectivity index (χ2n) is 2.16. The Morgan fingerprint density at radius 3 is 2.00 bits per heavy atom. The minimum absolute atomic E-state index is 0.0694. The average Bonchev–Trinajstić information content (AvgIpc) is 2.23. The first-order chi connectivity index (χ1) is 4.30. The van der Waals surface area contributed by atoms with Crippen molar-refractivity contribution in [1.29, 1.82) is 0 Å². The Kier molecular flexibility index (Phi) is 4.72. The number of rotatable bonds is 0. The molecule has 0 aromatic carbocycles. The van der Waals surface area contributed by atoms with Crippen LogP contribution in [0.5, 0.6) is 0 Å². The van der Waals surface area contributed by atoms with Crippen molar-refractivity contribution in [2.45, 2.75) is 45.3 Å².